The molecule has 0 saturated carbocycles. The summed E-state index contributed by atoms with van der Waals surface area (Å²) in [5, 5.41) is 5.08. The summed E-state index contributed by atoms with van der Waals surface area (Å²) in [6.07, 6.45) is -4.33. The number of amides is 1. The average Bonchev–Trinajstić information content (AvgIpc) is 2.75. The molecule has 4 nitrogen and oxygen atoms in total. The first-order chi connectivity index (χ1) is 14.9. The molecule has 0 spiro atoms. The molecule has 1 amide bonds. The van der Waals surface area contributed by atoms with Gasteiger partial charge in [0.25, 0.3) is 0 Å². The molecule has 3 aromatic carbocycles. The number of nitrogens with zero attached hydrogens (tertiary/aromatic N) is 2. The van der Waals surface area contributed by atoms with Gasteiger partial charge in [0, 0.05) is 43.8 Å². The van der Waals surface area contributed by atoms with Crippen molar-refractivity contribution in [3.63, 3.8) is 0 Å². The second-order valence-corrected chi connectivity index (χ2v) is 7.83. The summed E-state index contributed by atoms with van der Waals surface area (Å²) >= 11 is 0. The van der Waals surface area contributed by atoms with Crippen LogP contribution in [0.3, 0.4) is 0 Å². The fourth-order valence-electron chi connectivity index (χ4n) is 3.94. The normalized spacial score (nSPS) is 15.8. The number of fused-ring (bicyclic) bond motifs is 1. The summed E-state index contributed by atoms with van der Waals surface area (Å²) in [6.45, 7) is 3.57. The quantitative estimate of drug-likeness (QED) is 0.646. The number of carbonyl (C=O) groups excluding carboxylic acids is 1. The summed E-state index contributed by atoms with van der Waals surface area (Å²) in [4.78, 5) is 16.7. The average molecular weight is 427 g/mol. The van der Waals surface area contributed by atoms with E-state index in [9.17, 15) is 18.0 Å². The van der Waals surface area contributed by atoms with Crippen LogP contribution >= 0.6 is 0 Å². The first-order valence-corrected chi connectivity index (χ1v) is 10.3. The molecule has 0 atom stereocenters. The molecular formula is C24H24F3N3O. The summed E-state index contributed by atoms with van der Waals surface area (Å²) in [6, 6.07) is 19.2. The van der Waals surface area contributed by atoms with Crippen LogP contribution in [0, 0.1) is 0 Å². The predicted molar refractivity (Wildman–Crippen MR) is 116 cm³/mol. The molecule has 1 heterocycles. The summed E-state index contributed by atoms with van der Waals surface area (Å²) < 4.78 is 38.7. The van der Waals surface area contributed by atoms with Crippen molar-refractivity contribution < 1.29 is 18.0 Å². The van der Waals surface area contributed by atoms with Gasteiger partial charge in [-0.2, -0.15) is 13.2 Å². The summed E-state index contributed by atoms with van der Waals surface area (Å²) in [5.41, 5.74) is 0.831. The Balaban J connectivity index is 1.29. The molecule has 31 heavy (non-hydrogen) atoms. The summed E-state index contributed by atoms with van der Waals surface area (Å²) in [5.74, 6) is -0.0670. The highest BCUT2D eigenvalue weighted by Gasteiger charge is 2.30. The Hall–Kier alpha value is -2.90. The Morgan fingerprint density at radius 1 is 0.871 bits per heavy atom. The van der Waals surface area contributed by atoms with Gasteiger partial charge in [-0.1, -0.05) is 54.6 Å². The molecule has 1 aliphatic rings. The van der Waals surface area contributed by atoms with Crippen LogP contribution in [0.15, 0.2) is 66.7 Å². The van der Waals surface area contributed by atoms with Crippen LogP contribution in [-0.4, -0.2) is 48.4 Å². The van der Waals surface area contributed by atoms with Crippen LogP contribution in [0.25, 0.3) is 10.8 Å². The molecule has 0 bridgehead atoms. The number of anilines is 1. The van der Waals surface area contributed by atoms with Gasteiger partial charge >= 0.3 is 6.18 Å². The Bertz CT molecular complexity index is 1050. The SMILES string of the molecule is O=C(CN1CCN(Cc2cccc(C(F)(F)F)c2)CC1)Nc1cccc2ccccc12. The molecular weight excluding hydrogens is 403 g/mol. The maximum Gasteiger partial charge on any atom is 0.416 e. The van der Waals surface area contributed by atoms with E-state index in [1.54, 1.807) is 6.07 Å². The lowest BCUT2D eigenvalue weighted by Gasteiger charge is -2.34. The van der Waals surface area contributed by atoms with Gasteiger partial charge in [0.15, 0.2) is 0 Å². The highest BCUT2D eigenvalue weighted by atomic mass is 19.4. The molecule has 0 radical (unpaired) electrons. The molecule has 1 fully saturated rings. The van der Waals surface area contributed by atoms with E-state index in [2.05, 4.69) is 15.1 Å². The van der Waals surface area contributed by atoms with E-state index < -0.39 is 11.7 Å². The molecule has 1 saturated heterocycles. The van der Waals surface area contributed by atoms with E-state index in [0.717, 1.165) is 22.5 Å². The van der Waals surface area contributed by atoms with Crippen molar-refractivity contribution in [2.75, 3.05) is 38.0 Å². The van der Waals surface area contributed by atoms with Crippen molar-refractivity contribution in [3.8, 4) is 0 Å². The number of halogens is 3. The maximum absolute atomic E-state index is 12.9. The Labute approximate surface area is 179 Å². The Kier molecular flexibility index (Phi) is 6.25. The first kappa shape index (κ1) is 21.3. The van der Waals surface area contributed by atoms with Crippen LogP contribution in [0.2, 0.25) is 0 Å². The monoisotopic (exact) mass is 427 g/mol. The number of rotatable bonds is 5. The Morgan fingerprint density at radius 3 is 2.32 bits per heavy atom. The standard InChI is InChI=1S/C24H24F3N3O/c25-24(26,27)20-8-3-5-18(15-20)16-29-11-13-30(14-12-29)17-23(31)28-22-10-4-7-19-6-1-2-9-21(19)22/h1-10,15H,11-14,16-17H2,(H,28,31). The van der Waals surface area contributed by atoms with E-state index in [1.807, 2.05) is 42.5 Å². The minimum atomic E-state index is -4.33. The van der Waals surface area contributed by atoms with Crippen LogP contribution < -0.4 is 5.32 Å². The van der Waals surface area contributed by atoms with Crippen molar-refractivity contribution in [1.82, 2.24) is 9.80 Å². The molecule has 7 heteroatoms. The zero-order valence-electron chi connectivity index (χ0n) is 17.0. The third-order valence-corrected chi connectivity index (χ3v) is 5.56. The number of hydrogen-bond donors (Lipinski definition) is 1. The fourth-order valence-corrected chi connectivity index (χ4v) is 3.94. The van der Waals surface area contributed by atoms with Gasteiger partial charge in [-0.05, 0) is 23.1 Å². The number of alkyl halides is 3. The van der Waals surface area contributed by atoms with E-state index in [4.69, 9.17) is 0 Å². The topological polar surface area (TPSA) is 35.6 Å². The van der Waals surface area contributed by atoms with E-state index >= 15 is 0 Å². The lowest BCUT2D eigenvalue weighted by Crippen LogP contribution is -2.48. The minimum Gasteiger partial charge on any atom is -0.324 e. The molecule has 4 rings (SSSR count). The number of piperazine rings is 1. The molecule has 0 unspecified atom stereocenters. The molecule has 1 N–H and O–H groups in total. The van der Waals surface area contributed by atoms with Gasteiger partial charge in [-0.25, -0.2) is 0 Å². The van der Waals surface area contributed by atoms with Crippen molar-refractivity contribution in [2.45, 2.75) is 12.7 Å². The zero-order valence-corrected chi connectivity index (χ0v) is 17.0. The van der Waals surface area contributed by atoms with E-state index in [1.165, 1.54) is 12.1 Å². The third-order valence-electron chi connectivity index (χ3n) is 5.56. The van der Waals surface area contributed by atoms with Gasteiger partial charge < -0.3 is 5.32 Å². The Morgan fingerprint density at radius 2 is 1.55 bits per heavy atom. The zero-order chi connectivity index (χ0) is 21.8. The lowest BCUT2D eigenvalue weighted by atomic mass is 10.1. The second-order valence-electron chi connectivity index (χ2n) is 7.83. The largest absolute Gasteiger partial charge is 0.416 e. The van der Waals surface area contributed by atoms with Crippen molar-refractivity contribution in [3.05, 3.63) is 77.9 Å². The van der Waals surface area contributed by atoms with Crippen molar-refractivity contribution >= 4 is 22.4 Å². The van der Waals surface area contributed by atoms with Gasteiger partial charge in [0.2, 0.25) is 5.91 Å². The second kappa shape index (κ2) is 9.08. The highest BCUT2D eigenvalue weighted by Crippen LogP contribution is 2.30. The fraction of sp³-hybridized carbons (Fsp3) is 0.292. The van der Waals surface area contributed by atoms with E-state index in [0.29, 0.717) is 44.8 Å². The lowest BCUT2D eigenvalue weighted by molar-refractivity contribution is -0.137. The first-order valence-electron chi connectivity index (χ1n) is 10.3. The maximum atomic E-state index is 12.9. The van der Waals surface area contributed by atoms with Gasteiger partial charge in [-0.3, -0.25) is 14.6 Å². The van der Waals surface area contributed by atoms with Gasteiger partial charge in [0.05, 0.1) is 12.1 Å². The molecule has 1 aliphatic heterocycles. The number of carbonyl (C=O) groups is 1. The van der Waals surface area contributed by atoms with Gasteiger partial charge in [0.1, 0.15) is 0 Å². The molecule has 0 aliphatic carbocycles. The van der Waals surface area contributed by atoms with E-state index in [-0.39, 0.29) is 5.91 Å². The third kappa shape index (κ3) is 5.42. The molecule has 0 aromatic heterocycles. The van der Waals surface area contributed by atoms with Crippen LogP contribution in [0.1, 0.15) is 11.1 Å². The van der Waals surface area contributed by atoms with Crippen LogP contribution in [0.5, 0.6) is 0 Å². The van der Waals surface area contributed by atoms with Crippen molar-refractivity contribution in [1.29, 1.82) is 0 Å². The van der Waals surface area contributed by atoms with Crippen LogP contribution in [-0.2, 0) is 17.5 Å². The highest BCUT2D eigenvalue weighted by molar-refractivity contribution is 6.02. The smallest absolute Gasteiger partial charge is 0.324 e. The number of benzene rings is 3. The number of nitrogens with one attached hydrogen (secondary N) is 1. The molecule has 162 valence electrons. The van der Waals surface area contributed by atoms with Gasteiger partial charge in [-0.15, -0.1) is 0 Å². The van der Waals surface area contributed by atoms with Crippen molar-refractivity contribution in [2.24, 2.45) is 0 Å². The minimum absolute atomic E-state index is 0.0670. The number of hydrogen-bond acceptors (Lipinski definition) is 3. The summed E-state index contributed by atoms with van der Waals surface area (Å²) in [7, 11) is 0. The molecule has 3 aromatic rings. The predicted octanol–water partition coefficient (Wildman–Crippen LogP) is 4.61. The van der Waals surface area contributed by atoms with Crippen LogP contribution in [0.4, 0.5) is 18.9 Å².